The molecule has 0 radical (unpaired) electrons. The third-order valence-corrected chi connectivity index (χ3v) is 5.95. The lowest BCUT2D eigenvalue weighted by Gasteiger charge is -2.28. The van der Waals surface area contributed by atoms with Crippen molar-refractivity contribution in [3.05, 3.63) is 16.0 Å². The van der Waals surface area contributed by atoms with Crippen molar-refractivity contribution in [3.63, 3.8) is 0 Å². The Balaban J connectivity index is 2.77. The number of hydrogen-bond donors (Lipinski definition) is 0. The molecule has 96 valence electrons. The molecule has 0 aliphatic heterocycles. The number of nitrogens with zero attached hydrogens (tertiary/aromatic N) is 1. The van der Waals surface area contributed by atoms with Crippen LogP contribution in [0.1, 0.15) is 41.1 Å². The van der Waals surface area contributed by atoms with Gasteiger partial charge in [-0.1, -0.05) is 13.8 Å². The molecule has 18 heavy (non-hydrogen) atoms. The molecule has 2 rings (SSSR count). The lowest BCUT2D eigenvalue weighted by atomic mass is 9.74. The maximum atomic E-state index is 12.1. The molecule has 0 aromatic carbocycles. The van der Waals surface area contributed by atoms with Crippen LogP contribution < -0.4 is 0 Å². The van der Waals surface area contributed by atoms with Gasteiger partial charge in [0.15, 0.2) is 15.6 Å². The molecule has 0 N–H and O–H groups in total. The normalized spacial score (nSPS) is 18.2. The van der Waals surface area contributed by atoms with E-state index in [4.69, 9.17) is 5.26 Å². The second kappa shape index (κ2) is 3.90. The summed E-state index contributed by atoms with van der Waals surface area (Å²) in [5, 5.41) is 9.08. The first-order chi connectivity index (χ1) is 8.15. The van der Waals surface area contributed by atoms with Gasteiger partial charge >= 0.3 is 0 Å². The van der Waals surface area contributed by atoms with E-state index in [-0.39, 0.29) is 21.0 Å². The molecule has 1 heterocycles. The van der Waals surface area contributed by atoms with Gasteiger partial charge in [-0.3, -0.25) is 4.79 Å². The van der Waals surface area contributed by atoms with Crippen molar-refractivity contribution in [2.24, 2.45) is 5.41 Å². The Labute approximate surface area is 110 Å². The molecule has 1 aliphatic rings. The smallest absolute Gasteiger partial charge is 0.185 e. The van der Waals surface area contributed by atoms with Crippen molar-refractivity contribution >= 4 is 27.0 Å². The van der Waals surface area contributed by atoms with Gasteiger partial charge in [0, 0.05) is 12.7 Å². The van der Waals surface area contributed by atoms with E-state index in [0.717, 1.165) is 17.6 Å². The Morgan fingerprint density at radius 3 is 2.44 bits per heavy atom. The van der Waals surface area contributed by atoms with E-state index in [9.17, 15) is 13.2 Å². The molecule has 4 nitrogen and oxygen atoms in total. The quantitative estimate of drug-likeness (QED) is 0.791. The summed E-state index contributed by atoms with van der Waals surface area (Å²) in [5.41, 5.74) is 0.661. The van der Waals surface area contributed by atoms with Crippen LogP contribution in [0.25, 0.3) is 0 Å². The first-order valence-electron chi connectivity index (χ1n) is 5.45. The topological polar surface area (TPSA) is 75.0 Å². The largest absolute Gasteiger partial charge is 0.294 e. The monoisotopic (exact) mass is 283 g/mol. The summed E-state index contributed by atoms with van der Waals surface area (Å²) in [6.45, 7) is 3.90. The molecular formula is C12H13NO3S2. The van der Waals surface area contributed by atoms with Gasteiger partial charge in [-0.2, -0.15) is 5.26 Å². The Kier molecular flexibility index (Phi) is 2.87. The number of ketones is 1. The number of Topliss-reactive ketones (excluding diaryl/α,β-unsaturated/α-hetero) is 1. The molecule has 0 fully saturated rings. The summed E-state index contributed by atoms with van der Waals surface area (Å²) in [4.78, 5) is 12.5. The number of carbonyl (C=O) groups excluding carboxylic acids is 1. The number of hydrogen-bond acceptors (Lipinski definition) is 5. The summed E-state index contributed by atoms with van der Waals surface area (Å²) in [7, 11) is -3.46. The minimum Gasteiger partial charge on any atom is -0.294 e. The van der Waals surface area contributed by atoms with Crippen LogP contribution in [0, 0.1) is 16.7 Å². The molecule has 0 saturated heterocycles. The van der Waals surface area contributed by atoms with Gasteiger partial charge in [-0.15, -0.1) is 11.3 Å². The molecule has 0 atom stereocenters. The highest BCUT2D eigenvalue weighted by Crippen LogP contribution is 2.42. The zero-order valence-electron chi connectivity index (χ0n) is 10.4. The van der Waals surface area contributed by atoms with Crippen LogP contribution in [0.5, 0.6) is 0 Å². The zero-order valence-corrected chi connectivity index (χ0v) is 12.0. The summed E-state index contributed by atoms with van der Waals surface area (Å²) in [6, 6.07) is 2.01. The van der Waals surface area contributed by atoms with E-state index in [1.807, 2.05) is 19.9 Å². The maximum absolute atomic E-state index is 12.1. The fourth-order valence-electron chi connectivity index (χ4n) is 2.31. The second-order valence-electron chi connectivity index (χ2n) is 5.40. The fraction of sp³-hybridized carbons (Fsp3) is 0.500. The number of rotatable bonds is 1. The van der Waals surface area contributed by atoms with E-state index >= 15 is 0 Å². The molecule has 0 spiro atoms. The number of sulfone groups is 1. The molecular weight excluding hydrogens is 270 g/mol. The minimum absolute atomic E-state index is 0.0505. The Hall–Kier alpha value is -1.19. The van der Waals surface area contributed by atoms with Gasteiger partial charge < -0.3 is 0 Å². The van der Waals surface area contributed by atoms with E-state index in [0.29, 0.717) is 23.3 Å². The van der Waals surface area contributed by atoms with E-state index in [1.165, 1.54) is 0 Å². The molecule has 1 aliphatic carbocycles. The third kappa shape index (κ3) is 2.08. The summed E-state index contributed by atoms with van der Waals surface area (Å²) in [5.74, 6) is -0.167. The first kappa shape index (κ1) is 13.2. The average molecular weight is 283 g/mol. The van der Waals surface area contributed by atoms with E-state index in [1.54, 1.807) is 0 Å². The van der Waals surface area contributed by atoms with Crippen LogP contribution in [0.4, 0.5) is 0 Å². The van der Waals surface area contributed by atoms with Crippen molar-refractivity contribution in [3.8, 4) is 6.07 Å². The highest BCUT2D eigenvalue weighted by Gasteiger charge is 2.38. The van der Waals surface area contributed by atoms with Gasteiger partial charge in [0.1, 0.15) is 15.2 Å². The van der Waals surface area contributed by atoms with Crippen LogP contribution in [-0.4, -0.2) is 20.5 Å². The van der Waals surface area contributed by atoms with Crippen LogP contribution in [-0.2, 0) is 16.3 Å². The van der Waals surface area contributed by atoms with Gasteiger partial charge in [0.25, 0.3) is 0 Å². The summed E-state index contributed by atoms with van der Waals surface area (Å²) >= 11 is 0.917. The summed E-state index contributed by atoms with van der Waals surface area (Å²) < 4.78 is 23.4. The Morgan fingerprint density at radius 1 is 1.33 bits per heavy atom. The number of fused-ring (bicyclic) bond motifs is 1. The van der Waals surface area contributed by atoms with Crippen LogP contribution in [0.3, 0.4) is 0 Å². The fourth-order valence-corrected chi connectivity index (χ4v) is 4.64. The third-order valence-electron chi connectivity index (χ3n) is 2.99. The van der Waals surface area contributed by atoms with Gasteiger partial charge in [-0.25, -0.2) is 8.42 Å². The first-order valence-corrected chi connectivity index (χ1v) is 8.15. The van der Waals surface area contributed by atoms with Crippen molar-refractivity contribution in [1.82, 2.24) is 0 Å². The lowest BCUT2D eigenvalue weighted by molar-refractivity contribution is 0.0909. The standard InChI is InChI=1S/C12H13NO3S2/c1-12(2)4-7-9(6-13)17-11(18(3,15)16)10(7)8(14)5-12/h4-5H2,1-3H3. The van der Waals surface area contributed by atoms with E-state index in [2.05, 4.69) is 0 Å². The highest BCUT2D eigenvalue weighted by atomic mass is 32.2. The SMILES string of the molecule is CC1(C)CC(=O)c2c(S(C)(=O)=O)sc(C#N)c2C1. The van der Waals surface area contributed by atoms with Crippen molar-refractivity contribution in [1.29, 1.82) is 5.26 Å². The number of thiophene rings is 1. The summed E-state index contributed by atoms with van der Waals surface area (Å²) in [6.07, 6.45) is 1.97. The van der Waals surface area contributed by atoms with Crippen molar-refractivity contribution < 1.29 is 13.2 Å². The minimum atomic E-state index is -3.46. The zero-order chi connectivity index (χ0) is 13.7. The number of carbonyl (C=O) groups is 1. The molecule has 0 unspecified atom stereocenters. The maximum Gasteiger partial charge on any atom is 0.185 e. The van der Waals surface area contributed by atoms with E-state index < -0.39 is 9.84 Å². The number of nitriles is 1. The van der Waals surface area contributed by atoms with Crippen LogP contribution >= 0.6 is 11.3 Å². The van der Waals surface area contributed by atoms with Crippen LogP contribution in [0.2, 0.25) is 0 Å². The molecule has 1 aromatic heterocycles. The molecule has 6 heteroatoms. The predicted molar refractivity (Wildman–Crippen MR) is 68.6 cm³/mol. The van der Waals surface area contributed by atoms with Gasteiger partial charge in [-0.05, 0) is 17.4 Å². The lowest BCUT2D eigenvalue weighted by Crippen LogP contribution is -2.27. The Bertz CT molecular complexity index is 675. The molecule has 0 amide bonds. The van der Waals surface area contributed by atoms with Crippen molar-refractivity contribution in [2.45, 2.75) is 30.9 Å². The van der Waals surface area contributed by atoms with Gasteiger partial charge in [0.2, 0.25) is 0 Å². The average Bonchev–Trinajstić information content (AvgIpc) is 2.53. The van der Waals surface area contributed by atoms with Crippen molar-refractivity contribution in [2.75, 3.05) is 6.26 Å². The van der Waals surface area contributed by atoms with Gasteiger partial charge in [0.05, 0.1) is 5.56 Å². The molecule has 1 aromatic rings. The second-order valence-corrected chi connectivity index (χ2v) is 8.63. The van der Waals surface area contributed by atoms with Crippen LogP contribution in [0.15, 0.2) is 4.21 Å². The molecule has 0 saturated carbocycles. The highest BCUT2D eigenvalue weighted by molar-refractivity contribution is 7.92. The molecule has 0 bridgehead atoms. The predicted octanol–water partition coefficient (Wildman–Crippen LogP) is 2.18. The Morgan fingerprint density at radius 2 is 1.94 bits per heavy atom.